The molecule has 1 amide bonds. The second-order valence-electron chi connectivity index (χ2n) is 5.90. The first kappa shape index (κ1) is 21.1. The molecular weight excluding hydrogens is 382 g/mol. The van der Waals surface area contributed by atoms with E-state index in [1.807, 2.05) is 6.07 Å². The number of ether oxygens (including phenoxy) is 1. The molecule has 0 aliphatic rings. The number of benzene rings is 1. The van der Waals surface area contributed by atoms with Crippen molar-refractivity contribution in [1.82, 2.24) is 14.6 Å². The number of nitrogen functional groups attached to an aromatic ring is 1. The van der Waals surface area contributed by atoms with Crippen LogP contribution in [0.1, 0.15) is 28.5 Å². The molecule has 0 atom stereocenters. The van der Waals surface area contributed by atoms with E-state index >= 15 is 0 Å². The lowest BCUT2D eigenvalue weighted by Gasteiger charge is -2.15. The van der Waals surface area contributed by atoms with Crippen molar-refractivity contribution in [2.45, 2.75) is 18.4 Å². The minimum atomic E-state index is -3.66. The van der Waals surface area contributed by atoms with E-state index in [-0.39, 0.29) is 40.9 Å². The van der Waals surface area contributed by atoms with Crippen LogP contribution in [0.15, 0.2) is 35.2 Å². The number of hydrogen-bond acceptors (Lipinski definition) is 7. The topological polar surface area (TPSA) is 138 Å². The normalized spacial score (nSPS) is 11.1. The van der Waals surface area contributed by atoms with Crippen LogP contribution in [0, 0.1) is 11.3 Å². The third kappa shape index (κ3) is 4.39. The van der Waals surface area contributed by atoms with Gasteiger partial charge in [-0.1, -0.05) is 18.2 Å². The van der Waals surface area contributed by atoms with E-state index < -0.39 is 15.9 Å². The Balaban J connectivity index is 2.28. The van der Waals surface area contributed by atoms with Crippen molar-refractivity contribution >= 4 is 21.6 Å². The molecule has 1 aromatic carbocycles. The van der Waals surface area contributed by atoms with E-state index in [0.29, 0.717) is 5.56 Å². The average molecular weight is 403 g/mol. The molecule has 1 aromatic heterocycles. The van der Waals surface area contributed by atoms with E-state index in [2.05, 4.69) is 10.3 Å². The molecule has 0 radical (unpaired) electrons. The van der Waals surface area contributed by atoms with Crippen LogP contribution in [-0.2, 0) is 16.6 Å². The van der Waals surface area contributed by atoms with Crippen molar-refractivity contribution < 1.29 is 17.9 Å². The molecule has 10 heteroatoms. The average Bonchev–Trinajstić information content (AvgIpc) is 2.66. The zero-order valence-electron chi connectivity index (χ0n) is 15.8. The predicted molar refractivity (Wildman–Crippen MR) is 103 cm³/mol. The van der Waals surface area contributed by atoms with Crippen LogP contribution in [0.3, 0.4) is 0 Å². The highest BCUT2D eigenvalue weighted by atomic mass is 32.2. The number of amides is 1. The maximum absolute atomic E-state index is 12.5. The minimum Gasteiger partial charge on any atom is -0.477 e. The molecule has 0 saturated heterocycles. The van der Waals surface area contributed by atoms with E-state index in [1.165, 1.54) is 26.2 Å². The number of sulfonamides is 1. The van der Waals surface area contributed by atoms with Gasteiger partial charge in [-0.3, -0.25) is 4.79 Å². The lowest BCUT2D eigenvalue weighted by molar-refractivity contribution is 0.0944. The molecule has 0 fully saturated rings. The number of rotatable bonds is 7. The van der Waals surface area contributed by atoms with Crippen LogP contribution >= 0.6 is 0 Å². The summed E-state index contributed by atoms with van der Waals surface area (Å²) in [4.78, 5) is 16.6. The summed E-state index contributed by atoms with van der Waals surface area (Å²) < 4.78 is 31.2. The maximum atomic E-state index is 12.5. The Hall–Kier alpha value is -3.16. The SMILES string of the molecule is CCOc1nc(C(=O)NCc2ccccc2S(=O)(=O)N(C)C)cc(N)c1C#N. The van der Waals surface area contributed by atoms with E-state index in [0.717, 1.165) is 4.31 Å². The summed E-state index contributed by atoms with van der Waals surface area (Å²) in [5, 5.41) is 11.8. The lowest BCUT2D eigenvalue weighted by Crippen LogP contribution is -2.27. The lowest BCUT2D eigenvalue weighted by atomic mass is 10.2. The minimum absolute atomic E-state index is 0.0225. The molecule has 0 bridgehead atoms. The Morgan fingerprint density at radius 1 is 1.36 bits per heavy atom. The summed E-state index contributed by atoms with van der Waals surface area (Å²) in [6, 6.07) is 9.55. The maximum Gasteiger partial charge on any atom is 0.270 e. The quantitative estimate of drug-likeness (QED) is 0.706. The fourth-order valence-corrected chi connectivity index (χ4v) is 3.49. The second kappa shape index (κ2) is 8.69. The zero-order chi connectivity index (χ0) is 20.9. The zero-order valence-corrected chi connectivity index (χ0v) is 16.6. The number of anilines is 1. The van der Waals surface area contributed by atoms with Crippen LogP contribution in [0.4, 0.5) is 5.69 Å². The number of aromatic nitrogens is 1. The van der Waals surface area contributed by atoms with Crippen LogP contribution in [-0.4, -0.2) is 44.3 Å². The van der Waals surface area contributed by atoms with Crippen molar-refractivity contribution in [3.63, 3.8) is 0 Å². The highest BCUT2D eigenvalue weighted by Gasteiger charge is 2.21. The molecular formula is C18H21N5O4S. The third-order valence-electron chi connectivity index (χ3n) is 3.81. The van der Waals surface area contributed by atoms with Crippen LogP contribution in [0.5, 0.6) is 5.88 Å². The van der Waals surface area contributed by atoms with Gasteiger partial charge in [0.25, 0.3) is 5.91 Å². The molecule has 28 heavy (non-hydrogen) atoms. The molecule has 2 aromatic rings. The van der Waals surface area contributed by atoms with Crippen LogP contribution in [0.25, 0.3) is 0 Å². The molecule has 1 heterocycles. The number of nitrogens with one attached hydrogen (secondary N) is 1. The van der Waals surface area contributed by atoms with E-state index in [1.54, 1.807) is 25.1 Å². The molecule has 2 rings (SSSR count). The molecule has 148 valence electrons. The number of carbonyl (C=O) groups is 1. The van der Waals surface area contributed by atoms with Crippen LogP contribution in [0.2, 0.25) is 0 Å². The first-order valence-electron chi connectivity index (χ1n) is 8.34. The van der Waals surface area contributed by atoms with Crippen molar-refractivity contribution in [3.8, 4) is 11.9 Å². The number of pyridine rings is 1. The van der Waals surface area contributed by atoms with Gasteiger partial charge in [-0.2, -0.15) is 5.26 Å². The highest BCUT2D eigenvalue weighted by Crippen LogP contribution is 2.23. The number of nitriles is 1. The molecule has 0 spiro atoms. The van der Waals surface area contributed by atoms with Crippen molar-refractivity contribution in [2.75, 3.05) is 26.4 Å². The first-order chi connectivity index (χ1) is 13.2. The Bertz CT molecular complexity index is 1030. The fourth-order valence-electron chi connectivity index (χ4n) is 2.37. The van der Waals surface area contributed by atoms with Gasteiger partial charge in [-0.25, -0.2) is 17.7 Å². The van der Waals surface area contributed by atoms with Crippen molar-refractivity contribution in [2.24, 2.45) is 0 Å². The fraction of sp³-hybridized carbons (Fsp3) is 0.278. The smallest absolute Gasteiger partial charge is 0.270 e. The van der Waals surface area contributed by atoms with Gasteiger partial charge in [0.2, 0.25) is 15.9 Å². The van der Waals surface area contributed by atoms with Crippen LogP contribution < -0.4 is 15.8 Å². The Morgan fingerprint density at radius 3 is 2.64 bits per heavy atom. The molecule has 9 nitrogen and oxygen atoms in total. The Kier molecular flexibility index (Phi) is 6.56. The standard InChI is InChI=1S/C18H21N5O4S/c1-4-27-18-13(10-19)14(20)9-15(22-18)17(24)21-11-12-7-5-6-8-16(12)28(25,26)23(2)3/h5-9H,4,11H2,1-3H3,(H2,20,22)(H,21,24). The van der Waals surface area contributed by atoms with Gasteiger partial charge in [0.15, 0.2) is 0 Å². The molecule has 0 aliphatic heterocycles. The molecule has 0 unspecified atom stereocenters. The number of nitrogens with two attached hydrogens (primary N) is 1. The summed E-state index contributed by atoms with van der Waals surface area (Å²) in [6.07, 6.45) is 0. The van der Waals surface area contributed by atoms with Crippen molar-refractivity contribution in [1.29, 1.82) is 5.26 Å². The molecule has 0 saturated carbocycles. The van der Waals surface area contributed by atoms with Crippen molar-refractivity contribution in [3.05, 3.63) is 47.2 Å². The highest BCUT2D eigenvalue weighted by molar-refractivity contribution is 7.89. The Morgan fingerprint density at radius 2 is 2.04 bits per heavy atom. The number of nitrogens with zero attached hydrogens (tertiary/aromatic N) is 3. The van der Waals surface area contributed by atoms with Gasteiger partial charge in [-0.05, 0) is 24.6 Å². The van der Waals surface area contributed by atoms with Gasteiger partial charge in [0, 0.05) is 20.6 Å². The van der Waals surface area contributed by atoms with Gasteiger partial charge in [-0.15, -0.1) is 0 Å². The Labute approximate surface area is 163 Å². The van der Waals surface area contributed by atoms with Gasteiger partial charge in [0.05, 0.1) is 17.2 Å². The predicted octanol–water partition coefficient (Wildman–Crippen LogP) is 1.11. The monoisotopic (exact) mass is 403 g/mol. The largest absolute Gasteiger partial charge is 0.477 e. The van der Waals surface area contributed by atoms with Gasteiger partial charge in [0.1, 0.15) is 17.3 Å². The first-order valence-corrected chi connectivity index (χ1v) is 9.78. The van der Waals surface area contributed by atoms with E-state index in [9.17, 15) is 13.2 Å². The summed E-state index contributed by atoms with van der Waals surface area (Å²) in [5.41, 5.74) is 6.34. The summed E-state index contributed by atoms with van der Waals surface area (Å²) in [7, 11) is -0.792. The van der Waals surface area contributed by atoms with Gasteiger partial charge < -0.3 is 15.8 Å². The number of carbonyl (C=O) groups excluding carboxylic acids is 1. The molecule has 0 aliphatic carbocycles. The van der Waals surface area contributed by atoms with E-state index in [4.69, 9.17) is 15.7 Å². The third-order valence-corrected chi connectivity index (χ3v) is 5.73. The number of hydrogen-bond donors (Lipinski definition) is 2. The van der Waals surface area contributed by atoms with Gasteiger partial charge >= 0.3 is 0 Å². The second-order valence-corrected chi connectivity index (χ2v) is 8.02. The summed E-state index contributed by atoms with van der Waals surface area (Å²) >= 11 is 0. The summed E-state index contributed by atoms with van der Waals surface area (Å²) in [5.74, 6) is -0.597. The summed E-state index contributed by atoms with van der Waals surface area (Å²) in [6.45, 7) is 1.93. The molecule has 3 N–H and O–H groups in total.